The topological polar surface area (TPSA) is 51.2 Å². The van der Waals surface area contributed by atoms with Gasteiger partial charge in [-0.25, -0.2) is 4.98 Å². The van der Waals surface area contributed by atoms with Crippen LogP contribution in [0.15, 0.2) is 29.6 Å². The van der Waals surface area contributed by atoms with E-state index in [4.69, 9.17) is 4.74 Å². The number of hydrogen-bond donors (Lipinski definition) is 1. The van der Waals surface area contributed by atoms with E-state index < -0.39 is 0 Å². The van der Waals surface area contributed by atoms with Gasteiger partial charge in [0.2, 0.25) is 5.91 Å². The highest BCUT2D eigenvalue weighted by Crippen LogP contribution is 2.27. The number of carbonyl (C=O) groups excluding carboxylic acids is 1. The molecule has 0 radical (unpaired) electrons. The van der Waals surface area contributed by atoms with Crippen molar-refractivity contribution in [2.24, 2.45) is 5.41 Å². The Morgan fingerprint density at radius 1 is 1.25 bits per heavy atom. The van der Waals surface area contributed by atoms with E-state index in [0.717, 1.165) is 36.5 Å². The maximum atomic E-state index is 12.0. The molecule has 0 aliphatic carbocycles. The molecule has 0 atom stereocenters. The van der Waals surface area contributed by atoms with Gasteiger partial charge in [-0.1, -0.05) is 34.1 Å². The first kappa shape index (κ1) is 18.5. The smallest absolute Gasteiger partial charge is 0.226 e. The predicted octanol–water partition coefficient (Wildman–Crippen LogP) is 5.36. The molecular formula is C19H26N2O2S. The summed E-state index contributed by atoms with van der Waals surface area (Å²) in [6, 6.07) is 7.92. The highest BCUT2D eigenvalue weighted by molar-refractivity contribution is 7.14. The number of nitrogens with zero attached hydrogens (tertiary/aromatic N) is 1. The summed E-state index contributed by atoms with van der Waals surface area (Å²) in [6.07, 6.45) is 2.66. The van der Waals surface area contributed by atoms with Crippen molar-refractivity contribution in [3.05, 3.63) is 29.6 Å². The maximum Gasteiger partial charge on any atom is 0.226 e. The fourth-order valence-electron chi connectivity index (χ4n) is 2.17. The number of hydrogen-bond acceptors (Lipinski definition) is 4. The highest BCUT2D eigenvalue weighted by Gasteiger charge is 2.17. The molecule has 2 aromatic rings. The number of benzene rings is 1. The molecule has 1 heterocycles. The van der Waals surface area contributed by atoms with E-state index in [1.54, 1.807) is 0 Å². The van der Waals surface area contributed by atoms with E-state index in [1.165, 1.54) is 11.3 Å². The first-order valence-electron chi connectivity index (χ1n) is 8.36. The van der Waals surface area contributed by atoms with Crippen LogP contribution in [0.1, 0.15) is 47.0 Å². The quantitative estimate of drug-likeness (QED) is 0.686. The van der Waals surface area contributed by atoms with Gasteiger partial charge in [0.1, 0.15) is 5.75 Å². The molecule has 24 heavy (non-hydrogen) atoms. The van der Waals surface area contributed by atoms with Gasteiger partial charge in [-0.3, -0.25) is 4.79 Å². The monoisotopic (exact) mass is 346 g/mol. The van der Waals surface area contributed by atoms with Crippen LogP contribution in [0.3, 0.4) is 0 Å². The summed E-state index contributed by atoms with van der Waals surface area (Å²) in [7, 11) is 0. The average molecular weight is 346 g/mol. The van der Waals surface area contributed by atoms with Crippen LogP contribution in [0.4, 0.5) is 5.13 Å². The molecule has 1 N–H and O–H groups in total. The molecule has 5 heteroatoms. The Balaban J connectivity index is 1.96. The van der Waals surface area contributed by atoms with Crippen LogP contribution in [0.5, 0.6) is 5.75 Å². The van der Waals surface area contributed by atoms with Gasteiger partial charge in [-0.15, -0.1) is 11.3 Å². The van der Waals surface area contributed by atoms with Gasteiger partial charge in [0.15, 0.2) is 5.13 Å². The van der Waals surface area contributed by atoms with E-state index in [9.17, 15) is 4.79 Å². The van der Waals surface area contributed by atoms with Crippen LogP contribution >= 0.6 is 11.3 Å². The summed E-state index contributed by atoms with van der Waals surface area (Å²) in [5.74, 6) is 0.879. The van der Waals surface area contributed by atoms with E-state index in [1.807, 2.05) is 50.4 Å². The Labute approximate surface area is 148 Å². The third-order valence-corrected chi connectivity index (χ3v) is 4.12. The Bertz CT molecular complexity index is 657. The van der Waals surface area contributed by atoms with Gasteiger partial charge >= 0.3 is 0 Å². The van der Waals surface area contributed by atoms with Crippen molar-refractivity contribution in [3.8, 4) is 17.0 Å². The van der Waals surface area contributed by atoms with Gasteiger partial charge in [-0.2, -0.15) is 0 Å². The third kappa shape index (κ3) is 5.96. The van der Waals surface area contributed by atoms with Crippen LogP contribution in [0, 0.1) is 5.41 Å². The lowest BCUT2D eigenvalue weighted by molar-refractivity contribution is -0.117. The fraction of sp³-hybridized carbons (Fsp3) is 0.474. The molecule has 1 aromatic heterocycles. The van der Waals surface area contributed by atoms with Gasteiger partial charge in [0, 0.05) is 17.4 Å². The van der Waals surface area contributed by atoms with Gasteiger partial charge in [0.05, 0.1) is 12.3 Å². The number of rotatable bonds is 7. The molecule has 0 saturated carbocycles. The number of thiazole rings is 1. The zero-order valence-corrected chi connectivity index (χ0v) is 15.7. The molecule has 0 aliphatic heterocycles. The largest absolute Gasteiger partial charge is 0.494 e. The molecule has 0 unspecified atom stereocenters. The number of amides is 1. The number of carbonyl (C=O) groups is 1. The van der Waals surface area contributed by atoms with Crippen LogP contribution < -0.4 is 10.1 Å². The zero-order valence-electron chi connectivity index (χ0n) is 14.9. The summed E-state index contributed by atoms with van der Waals surface area (Å²) in [5, 5.41) is 5.48. The lowest BCUT2D eigenvalue weighted by Crippen LogP contribution is -2.19. The number of ether oxygens (including phenoxy) is 1. The molecular weight excluding hydrogens is 320 g/mol. The Hall–Kier alpha value is -1.88. The predicted molar refractivity (Wildman–Crippen MR) is 101 cm³/mol. The van der Waals surface area contributed by atoms with E-state index in [-0.39, 0.29) is 11.3 Å². The summed E-state index contributed by atoms with van der Waals surface area (Å²) < 4.78 is 5.67. The molecule has 2 rings (SSSR count). The van der Waals surface area contributed by atoms with Gasteiger partial charge in [0.25, 0.3) is 0 Å². The Morgan fingerprint density at radius 2 is 1.96 bits per heavy atom. The normalized spacial score (nSPS) is 11.3. The van der Waals surface area contributed by atoms with Crippen molar-refractivity contribution in [1.82, 2.24) is 4.98 Å². The van der Waals surface area contributed by atoms with Crippen molar-refractivity contribution in [2.45, 2.75) is 47.0 Å². The van der Waals surface area contributed by atoms with Crippen molar-refractivity contribution in [2.75, 3.05) is 11.9 Å². The summed E-state index contributed by atoms with van der Waals surface area (Å²) in [6.45, 7) is 9.03. The van der Waals surface area contributed by atoms with Crippen LogP contribution in [-0.4, -0.2) is 17.5 Å². The molecule has 0 fully saturated rings. The molecule has 4 nitrogen and oxygen atoms in total. The molecule has 0 aliphatic rings. The lowest BCUT2D eigenvalue weighted by atomic mass is 9.92. The molecule has 0 spiro atoms. The summed E-state index contributed by atoms with van der Waals surface area (Å²) in [4.78, 5) is 16.5. The molecule has 0 bridgehead atoms. The van der Waals surface area contributed by atoms with E-state index >= 15 is 0 Å². The minimum atomic E-state index is -0.0300. The van der Waals surface area contributed by atoms with Crippen molar-refractivity contribution < 1.29 is 9.53 Å². The number of aromatic nitrogens is 1. The third-order valence-electron chi connectivity index (χ3n) is 3.36. The second-order valence-corrected chi connectivity index (χ2v) is 7.91. The maximum absolute atomic E-state index is 12.0. The standard InChI is InChI=1S/C19H26N2O2S/c1-5-6-11-23-15-9-7-14(8-10-15)16-13-24-18(20-16)21-17(22)12-19(2,3)4/h7-10,13H,5-6,11-12H2,1-4H3,(H,20,21,22). The second kappa shape index (κ2) is 8.29. The molecule has 1 amide bonds. The Kier molecular flexibility index (Phi) is 6.37. The second-order valence-electron chi connectivity index (χ2n) is 7.05. The zero-order chi connectivity index (χ0) is 17.6. The lowest BCUT2D eigenvalue weighted by Gasteiger charge is -2.16. The average Bonchev–Trinajstić information content (AvgIpc) is 2.94. The number of nitrogens with one attached hydrogen (secondary N) is 1. The molecule has 130 valence electrons. The fourth-order valence-corrected chi connectivity index (χ4v) is 2.90. The minimum absolute atomic E-state index is 0.00284. The summed E-state index contributed by atoms with van der Waals surface area (Å²) in [5.41, 5.74) is 1.86. The minimum Gasteiger partial charge on any atom is -0.494 e. The molecule has 1 aromatic carbocycles. The van der Waals surface area contributed by atoms with Gasteiger partial charge in [-0.05, 0) is 36.1 Å². The van der Waals surface area contributed by atoms with Gasteiger partial charge < -0.3 is 10.1 Å². The first-order valence-corrected chi connectivity index (χ1v) is 9.24. The van der Waals surface area contributed by atoms with Crippen LogP contribution in [0.2, 0.25) is 0 Å². The number of unbranched alkanes of at least 4 members (excludes halogenated alkanes) is 1. The van der Waals surface area contributed by atoms with Crippen molar-refractivity contribution >= 4 is 22.4 Å². The first-order chi connectivity index (χ1) is 11.4. The number of anilines is 1. The summed E-state index contributed by atoms with van der Waals surface area (Å²) >= 11 is 1.45. The van der Waals surface area contributed by atoms with Crippen molar-refractivity contribution in [1.29, 1.82) is 0 Å². The molecule has 0 saturated heterocycles. The SMILES string of the molecule is CCCCOc1ccc(-c2csc(NC(=O)CC(C)(C)C)n2)cc1. The van der Waals surface area contributed by atoms with Crippen LogP contribution in [-0.2, 0) is 4.79 Å². The van der Waals surface area contributed by atoms with E-state index in [0.29, 0.717) is 11.6 Å². The Morgan fingerprint density at radius 3 is 2.58 bits per heavy atom. The van der Waals surface area contributed by atoms with Crippen LogP contribution in [0.25, 0.3) is 11.3 Å². The van der Waals surface area contributed by atoms with E-state index in [2.05, 4.69) is 17.2 Å². The highest BCUT2D eigenvalue weighted by atomic mass is 32.1. The van der Waals surface area contributed by atoms with Crippen molar-refractivity contribution in [3.63, 3.8) is 0 Å².